The number of hydrogen-bond acceptors (Lipinski definition) is 6. The average molecular weight is 700 g/mol. The van der Waals surface area contributed by atoms with Gasteiger partial charge in [0.05, 0.1) is 22.8 Å². The third kappa shape index (κ3) is 9.39. The van der Waals surface area contributed by atoms with Gasteiger partial charge < -0.3 is 10.7 Å². The van der Waals surface area contributed by atoms with E-state index in [0.29, 0.717) is 6.54 Å². The summed E-state index contributed by atoms with van der Waals surface area (Å²) in [6, 6.07) is 36.3. The molecule has 0 atom stereocenters. The van der Waals surface area contributed by atoms with Gasteiger partial charge in [-0.3, -0.25) is 19.9 Å². The van der Waals surface area contributed by atoms with Gasteiger partial charge in [-0.05, 0) is 67.2 Å². The largest absolute Gasteiger partial charge is 1.00 e. The molecule has 2 N–H and O–H groups in total. The van der Waals surface area contributed by atoms with E-state index in [4.69, 9.17) is 5.73 Å². The van der Waals surface area contributed by atoms with Gasteiger partial charge in [0.1, 0.15) is 0 Å². The van der Waals surface area contributed by atoms with Crippen LogP contribution in [0.5, 0.6) is 0 Å². The van der Waals surface area contributed by atoms with Crippen molar-refractivity contribution in [2.24, 2.45) is 5.73 Å². The van der Waals surface area contributed by atoms with Crippen molar-refractivity contribution >= 4 is 0 Å². The van der Waals surface area contributed by atoms with E-state index in [1.54, 1.807) is 24.8 Å². The molecule has 1 radical (unpaired) electrons. The van der Waals surface area contributed by atoms with Crippen LogP contribution in [0.1, 0.15) is 11.1 Å². The number of benzene rings is 1. The predicted octanol–water partition coefficient (Wildman–Crippen LogP) is 6.60. The maximum absolute atomic E-state index is 5.59. The summed E-state index contributed by atoms with van der Waals surface area (Å²) in [6.07, 6.45) is 8.88. The molecule has 0 unspecified atom stereocenters. The third-order valence-electron chi connectivity index (χ3n) is 5.48. The van der Waals surface area contributed by atoms with Gasteiger partial charge in [-0.15, -0.1) is 35.4 Å². The Balaban J connectivity index is 0.000000165. The zero-order valence-corrected chi connectivity index (χ0v) is 24.6. The Morgan fingerprint density at radius 1 is 0.550 bits per heavy atom. The fraction of sp³-hybridized carbons (Fsp3) is 0.0606. The Morgan fingerprint density at radius 3 is 1.38 bits per heavy atom. The van der Waals surface area contributed by atoms with Crippen molar-refractivity contribution in [1.82, 2.24) is 24.9 Å². The molecule has 40 heavy (non-hydrogen) atoms. The van der Waals surface area contributed by atoms with Gasteiger partial charge in [-0.1, -0.05) is 35.9 Å². The smallest absolute Gasteiger partial charge is 0.328 e. The van der Waals surface area contributed by atoms with Crippen molar-refractivity contribution in [2.75, 3.05) is 0 Å². The van der Waals surface area contributed by atoms with Gasteiger partial charge in [-0.25, -0.2) is 0 Å². The maximum Gasteiger partial charge on any atom is 1.00 e. The number of pyridine rings is 5. The standard InChI is InChI=1S/C13H13N2.2C10H8N2.Os/c1-10-5-6-15-13(7-10)12-4-2-3-11(8-12)9-14;2*1-3-7-11-9(5-1)10-6-2-4-8-12-10;/h2-3,5-8H,9,14H2,1H3;2*1-8H;/q-1;;;+1. The molecule has 5 aromatic heterocycles. The van der Waals surface area contributed by atoms with Gasteiger partial charge in [-0.2, -0.15) is 0 Å². The second-order valence-electron chi connectivity index (χ2n) is 8.39. The van der Waals surface area contributed by atoms with Gasteiger partial charge in [0.25, 0.3) is 0 Å². The average Bonchev–Trinajstić information content (AvgIpc) is 3.03. The van der Waals surface area contributed by atoms with Crippen molar-refractivity contribution in [3.8, 4) is 34.0 Å². The molecule has 0 aliphatic rings. The van der Waals surface area contributed by atoms with E-state index >= 15 is 0 Å². The normalized spacial score (nSPS) is 9.65. The van der Waals surface area contributed by atoms with E-state index in [9.17, 15) is 0 Å². The van der Waals surface area contributed by atoms with Crippen LogP contribution in [0.15, 0.2) is 134 Å². The Bertz CT molecular complexity index is 1380. The molecule has 0 fully saturated rings. The first kappa shape index (κ1) is 30.1. The fourth-order valence-electron chi connectivity index (χ4n) is 3.53. The van der Waals surface area contributed by atoms with Crippen LogP contribution in [0, 0.1) is 13.0 Å². The minimum atomic E-state index is 0. The van der Waals surface area contributed by atoms with Crippen molar-refractivity contribution < 1.29 is 19.8 Å². The molecule has 7 heteroatoms. The summed E-state index contributed by atoms with van der Waals surface area (Å²) in [5, 5.41) is 0. The molecule has 0 amide bonds. The molecule has 1 aromatic carbocycles. The molecule has 0 saturated heterocycles. The van der Waals surface area contributed by atoms with Gasteiger partial charge >= 0.3 is 19.8 Å². The SMILES string of the molecule is Cc1ccnc(-c2[c-]ccc(CN)c2)c1.[Os+].c1ccc(-c2ccccn2)nc1.c1ccc(-c2ccccn2)nc1. The minimum absolute atomic E-state index is 0. The molecule has 6 rings (SSSR count). The van der Waals surface area contributed by atoms with Crippen LogP contribution in [-0.4, -0.2) is 24.9 Å². The van der Waals surface area contributed by atoms with Crippen molar-refractivity contribution in [3.05, 3.63) is 151 Å². The first-order chi connectivity index (χ1) is 19.2. The Hall–Kier alpha value is -4.43. The van der Waals surface area contributed by atoms with Crippen LogP contribution in [0.3, 0.4) is 0 Å². The number of nitrogens with zero attached hydrogens (tertiary/aromatic N) is 5. The summed E-state index contributed by atoms with van der Waals surface area (Å²) in [5.74, 6) is 0. The monoisotopic (exact) mass is 701 g/mol. The van der Waals surface area contributed by atoms with Gasteiger partial charge in [0.15, 0.2) is 0 Å². The summed E-state index contributed by atoms with van der Waals surface area (Å²) in [7, 11) is 0. The van der Waals surface area contributed by atoms with Crippen molar-refractivity contribution in [3.63, 3.8) is 0 Å². The van der Waals surface area contributed by atoms with Crippen LogP contribution in [0.2, 0.25) is 0 Å². The molecule has 0 aliphatic carbocycles. The van der Waals surface area contributed by atoms with Gasteiger partial charge in [0, 0.05) is 37.5 Å². The van der Waals surface area contributed by atoms with E-state index in [1.807, 2.05) is 109 Å². The minimum Gasteiger partial charge on any atom is -0.328 e. The molecule has 6 aromatic rings. The molecule has 5 heterocycles. The molecule has 199 valence electrons. The Morgan fingerprint density at radius 2 is 1.00 bits per heavy atom. The topological polar surface area (TPSA) is 90.5 Å². The van der Waals surface area contributed by atoms with Crippen LogP contribution in [0.4, 0.5) is 0 Å². The molecule has 6 nitrogen and oxygen atoms in total. The zero-order valence-electron chi connectivity index (χ0n) is 22.1. The van der Waals surface area contributed by atoms with Crippen LogP contribution < -0.4 is 5.73 Å². The van der Waals surface area contributed by atoms with E-state index in [1.165, 1.54) is 5.56 Å². The zero-order chi connectivity index (χ0) is 27.1. The second kappa shape index (κ2) is 16.5. The van der Waals surface area contributed by atoms with Crippen LogP contribution in [0.25, 0.3) is 34.0 Å². The van der Waals surface area contributed by atoms with Crippen LogP contribution in [-0.2, 0) is 26.3 Å². The van der Waals surface area contributed by atoms with E-state index < -0.39 is 0 Å². The van der Waals surface area contributed by atoms with Crippen LogP contribution >= 0.6 is 0 Å². The first-order valence-corrected chi connectivity index (χ1v) is 12.5. The molecular weight excluding hydrogens is 671 g/mol. The predicted molar refractivity (Wildman–Crippen MR) is 156 cm³/mol. The van der Waals surface area contributed by atoms with E-state index in [-0.39, 0.29) is 19.8 Å². The maximum atomic E-state index is 5.59. The summed E-state index contributed by atoms with van der Waals surface area (Å²) in [5.41, 5.74) is 13.5. The Labute approximate surface area is 248 Å². The fourth-order valence-corrected chi connectivity index (χ4v) is 3.53. The number of aromatic nitrogens is 5. The van der Waals surface area contributed by atoms with Crippen molar-refractivity contribution in [1.29, 1.82) is 0 Å². The van der Waals surface area contributed by atoms with Crippen molar-refractivity contribution in [2.45, 2.75) is 13.5 Å². The Kier molecular flexibility index (Phi) is 12.4. The third-order valence-corrected chi connectivity index (χ3v) is 5.48. The summed E-state index contributed by atoms with van der Waals surface area (Å²) < 4.78 is 0. The van der Waals surface area contributed by atoms with Gasteiger partial charge in [0.2, 0.25) is 0 Å². The quantitative estimate of drug-likeness (QED) is 0.209. The number of hydrogen-bond donors (Lipinski definition) is 1. The molecular formula is C33H29N6Os. The molecule has 0 saturated carbocycles. The summed E-state index contributed by atoms with van der Waals surface area (Å²) >= 11 is 0. The number of aryl methyl sites for hydroxylation is 1. The van der Waals surface area contributed by atoms with E-state index in [0.717, 1.165) is 39.6 Å². The summed E-state index contributed by atoms with van der Waals surface area (Å²) in [4.78, 5) is 21.1. The summed E-state index contributed by atoms with van der Waals surface area (Å²) in [6.45, 7) is 2.60. The molecule has 0 spiro atoms. The number of nitrogens with two attached hydrogens (primary N) is 1. The second-order valence-corrected chi connectivity index (χ2v) is 8.39. The first-order valence-electron chi connectivity index (χ1n) is 12.5. The number of rotatable bonds is 4. The molecule has 0 aliphatic heterocycles. The molecule has 0 bridgehead atoms. The van der Waals surface area contributed by atoms with E-state index in [2.05, 4.69) is 37.9 Å².